The molecule has 1 aromatic carbocycles. The normalized spacial score (nSPS) is 14.2. The molecular weight excluding hydrogens is 290 g/mol. The lowest BCUT2D eigenvalue weighted by Gasteiger charge is -2.20. The lowest BCUT2D eigenvalue weighted by molar-refractivity contribution is 0.0733. The van der Waals surface area contributed by atoms with Gasteiger partial charge in [-0.05, 0) is 29.7 Å². The number of benzene rings is 1. The summed E-state index contributed by atoms with van der Waals surface area (Å²) in [6.07, 6.45) is 5.47. The fourth-order valence-electron chi connectivity index (χ4n) is 2.98. The van der Waals surface area contributed by atoms with Gasteiger partial charge in [-0.25, -0.2) is 0 Å². The highest BCUT2D eigenvalue weighted by Gasteiger charge is 2.21. The molecule has 116 valence electrons. The predicted octanol–water partition coefficient (Wildman–Crippen LogP) is 2.61. The molecule has 1 aliphatic rings. The van der Waals surface area contributed by atoms with Crippen molar-refractivity contribution >= 4 is 16.8 Å². The second-order valence-electron chi connectivity index (χ2n) is 5.76. The lowest BCUT2D eigenvalue weighted by Crippen LogP contribution is -2.32. The zero-order valence-electron chi connectivity index (χ0n) is 12.9. The monoisotopic (exact) mass is 307 g/mol. The maximum Gasteiger partial charge on any atom is 0.254 e. The van der Waals surface area contributed by atoms with Crippen LogP contribution >= 0.6 is 0 Å². The third-order valence-corrected chi connectivity index (χ3v) is 4.26. The number of aromatic nitrogens is 2. The predicted molar refractivity (Wildman–Crippen MR) is 87.4 cm³/mol. The molecule has 0 saturated heterocycles. The SMILES string of the molecule is Cn1ccc2ccc(C(=O)N3CCOc4ccncc4C3)cc21. The minimum atomic E-state index is 0.0217. The average molecular weight is 307 g/mol. The number of carbonyl (C=O) groups excluding carboxylic acids is 1. The molecule has 0 radical (unpaired) electrons. The molecule has 0 atom stereocenters. The molecule has 0 spiro atoms. The first-order valence-corrected chi connectivity index (χ1v) is 7.62. The van der Waals surface area contributed by atoms with Gasteiger partial charge in [-0.3, -0.25) is 9.78 Å². The Hall–Kier alpha value is -2.82. The summed E-state index contributed by atoms with van der Waals surface area (Å²) in [5.41, 5.74) is 2.70. The molecule has 2 aromatic heterocycles. The van der Waals surface area contributed by atoms with Crippen LogP contribution in [0.15, 0.2) is 48.9 Å². The minimum Gasteiger partial charge on any atom is -0.491 e. The molecule has 3 heterocycles. The summed E-state index contributed by atoms with van der Waals surface area (Å²) in [4.78, 5) is 18.8. The lowest BCUT2D eigenvalue weighted by atomic mass is 10.1. The molecule has 1 aliphatic heterocycles. The molecule has 5 heteroatoms. The quantitative estimate of drug-likeness (QED) is 0.694. The summed E-state index contributed by atoms with van der Waals surface area (Å²) in [6, 6.07) is 9.73. The number of aryl methyl sites for hydroxylation is 1. The van der Waals surface area contributed by atoms with Gasteiger partial charge in [0.2, 0.25) is 0 Å². The number of hydrogen-bond acceptors (Lipinski definition) is 3. The Bertz CT molecular complexity index is 885. The van der Waals surface area contributed by atoms with Crippen LogP contribution in [0.2, 0.25) is 0 Å². The fourth-order valence-corrected chi connectivity index (χ4v) is 2.98. The molecule has 0 unspecified atom stereocenters. The number of hydrogen-bond donors (Lipinski definition) is 0. The highest BCUT2D eigenvalue weighted by Crippen LogP contribution is 2.23. The van der Waals surface area contributed by atoms with Crippen LogP contribution in [0.25, 0.3) is 10.9 Å². The van der Waals surface area contributed by atoms with Crippen molar-refractivity contribution in [3.8, 4) is 5.75 Å². The number of carbonyl (C=O) groups is 1. The molecule has 0 saturated carbocycles. The van der Waals surface area contributed by atoms with E-state index in [9.17, 15) is 4.79 Å². The van der Waals surface area contributed by atoms with Gasteiger partial charge in [0.25, 0.3) is 5.91 Å². The topological polar surface area (TPSA) is 47.4 Å². The van der Waals surface area contributed by atoms with Gasteiger partial charge < -0.3 is 14.2 Å². The third-order valence-electron chi connectivity index (χ3n) is 4.26. The van der Waals surface area contributed by atoms with Crippen molar-refractivity contribution in [2.75, 3.05) is 13.2 Å². The van der Waals surface area contributed by atoms with E-state index in [2.05, 4.69) is 4.98 Å². The van der Waals surface area contributed by atoms with Crippen molar-refractivity contribution in [2.45, 2.75) is 6.54 Å². The first kappa shape index (κ1) is 13.8. The van der Waals surface area contributed by atoms with Crippen LogP contribution in [-0.4, -0.2) is 33.5 Å². The minimum absolute atomic E-state index is 0.0217. The second kappa shape index (κ2) is 5.43. The summed E-state index contributed by atoms with van der Waals surface area (Å²) in [5.74, 6) is 0.835. The summed E-state index contributed by atoms with van der Waals surface area (Å²) in [7, 11) is 1.98. The van der Waals surface area contributed by atoms with Crippen molar-refractivity contribution < 1.29 is 9.53 Å². The fraction of sp³-hybridized carbons (Fsp3) is 0.222. The Kier molecular flexibility index (Phi) is 3.26. The van der Waals surface area contributed by atoms with Gasteiger partial charge in [-0.2, -0.15) is 0 Å². The van der Waals surface area contributed by atoms with E-state index in [0.29, 0.717) is 25.3 Å². The van der Waals surface area contributed by atoms with Gasteiger partial charge in [-0.15, -0.1) is 0 Å². The summed E-state index contributed by atoms with van der Waals surface area (Å²) in [6.45, 7) is 1.58. The molecule has 23 heavy (non-hydrogen) atoms. The number of fused-ring (bicyclic) bond motifs is 2. The number of amides is 1. The number of pyridine rings is 1. The molecule has 3 aromatic rings. The zero-order valence-corrected chi connectivity index (χ0v) is 12.9. The smallest absolute Gasteiger partial charge is 0.254 e. The van der Waals surface area contributed by atoms with E-state index in [1.807, 2.05) is 53.0 Å². The number of ether oxygens (including phenoxy) is 1. The highest BCUT2D eigenvalue weighted by atomic mass is 16.5. The van der Waals surface area contributed by atoms with Crippen molar-refractivity contribution in [1.82, 2.24) is 14.5 Å². The van der Waals surface area contributed by atoms with Crippen molar-refractivity contribution in [3.05, 3.63) is 60.0 Å². The van der Waals surface area contributed by atoms with Crippen molar-refractivity contribution in [3.63, 3.8) is 0 Å². The Morgan fingerprint density at radius 1 is 1.26 bits per heavy atom. The van der Waals surface area contributed by atoms with Crippen LogP contribution in [-0.2, 0) is 13.6 Å². The molecule has 1 amide bonds. The van der Waals surface area contributed by atoms with Gasteiger partial charge in [0, 0.05) is 42.3 Å². The van der Waals surface area contributed by atoms with Crippen LogP contribution in [0.3, 0.4) is 0 Å². The average Bonchev–Trinajstić information content (AvgIpc) is 2.82. The van der Waals surface area contributed by atoms with Crippen molar-refractivity contribution in [2.24, 2.45) is 7.05 Å². The van der Waals surface area contributed by atoms with E-state index in [1.165, 1.54) is 0 Å². The molecule has 0 N–H and O–H groups in total. The van der Waals surface area contributed by atoms with Gasteiger partial charge >= 0.3 is 0 Å². The van der Waals surface area contributed by atoms with Crippen LogP contribution in [0, 0.1) is 0 Å². The molecule has 5 nitrogen and oxygen atoms in total. The first-order chi connectivity index (χ1) is 11.2. The van der Waals surface area contributed by atoms with Gasteiger partial charge in [0.1, 0.15) is 12.4 Å². The zero-order chi connectivity index (χ0) is 15.8. The third kappa shape index (κ3) is 2.44. The van der Waals surface area contributed by atoms with Crippen molar-refractivity contribution in [1.29, 1.82) is 0 Å². The highest BCUT2D eigenvalue weighted by molar-refractivity contribution is 5.98. The summed E-state index contributed by atoms with van der Waals surface area (Å²) in [5, 5.41) is 1.14. The number of rotatable bonds is 1. The van der Waals surface area contributed by atoms with E-state index in [-0.39, 0.29) is 5.91 Å². The maximum absolute atomic E-state index is 12.9. The van der Waals surface area contributed by atoms with Crippen LogP contribution in [0.4, 0.5) is 0 Å². The summed E-state index contributed by atoms with van der Waals surface area (Å²) < 4.78 is 7.73. The maximum atomic E-state index is 12.9. The second-order valence-corrected chi connectivity index (χ2v) is 5.76. The molecular formula is C18H17N3O2. The standard InChI is InChI=1S/C18H17N3O2/c1-20-7-5-13-2-3-14(10-16(13)20)18(22)21-8-9-23-17-4-6-19-11-15(17)12-21/h2-7,10-11H,8-9,12H2,1H3. The number of nitrogens with zero attached hydrogens (tertiary/aromatic N) is 3. The Balaban J connectivity index is 1.66. The van der Waals surface area contributed by atoms with Crippen LogP contribution < -0.4 is 4.74 Å². The molecule has 0 aliphatic carbocycles. The summed E-state index contributed by atoms with van der Waals surface area (Å²) >= 11 is 0. The van der Waals surface area contributed by atoms with E-state index < -0.39 is 0 Å². The van der Waals surface area contributed by atoms with E-state index in [0.717, 1.165) is 22.2 Å². The Labute approximate surface area is 134 Å². The Morgan fingerprint density at radius 3 is 3.09 bits per heavy atom. The largest absolute Gasteiger partial charge is 0.491 e. The van der Waals surface area contributed by atoms with E-state index >= 15 is 0 Å². The van der Waals surface area contributed by atoms with Crippen LogP contribution in [0.5, 0.6) is 5.75 Å². The van der Waals surface area contributed by atoms with Gasteiger partial charge in [0.05, 0.1) is 13.1 Å². The van der Waals surface area contributed by atoms with Gasteiger partial charge in [0.15, 0.2) is 0 Å². The molecule has 0 fully saturated rings. The van der Waals surface area contributed by atoms with E-state index in [1.54, 1.807) is 12.4 Å². The first-order valence-electron chi connectivity index (χ1n) is 7.62. The van der Waals surface area contributed by atoms with E-state index in [4.69, 9.17) is 4.74 Å². The van der Waals surface area contributed by atoms with Crippen LogP contribution in [0.1, 0.15) is 15.9 Å². The molecule has 0 bridgehead atoms. The van der Waals surface area contributed by atoms with Gasteiger partial charge in [-0.1, -0.05) is 6.07 Å². The Morgan fingerprint density at radius 2 is 2.17 bits per heavy atom. The molecule has 4 rings (SSSR count).